The van der Waals surface area contributed by atoms with Crippen molar-refractivity contribution < 1.29 is 8.42 Å². The lowest BCUT2D eigenvalue weighted by molar-refractivity contribution is 0.459. The Morgan fingerprint density at radius 3 is 2.74 bits per heavy atom. The number of aromatic nitrogens is 3. The summed E-state index contributed by atoms with van der Waals surface area (Å²) in [6, 6.07) is 1.42. The molecule has 2 heterocycles. The lowest BCUT2D eigenvalue weighted by Gasteiger charge is -2.13. The van der Waals surface area contributed by atoms with Crippen molar-refractivity contribution >= 4 is 48.9 Å². The lowest BCUT2D eigenvalue weighted by Crippen LogP contribution is -2.26. The Morgan fingerprint density at radius 2 is 2.26 bits per heavy atom. The zero-order chi connectivity index (χ0) is 14.2. The van der Waals surface area contributed by atoms with Crippen molar-refractivity contribution in [2.24, 2.45) is 0 Å². The number of H-pyrrole nitrogens is 1. The molecule has 0 radical (unpaired) electrons. The molecule has 19 heavy (non-hydrogen) atoms. The van der Waals surface area contributed by atoms with Crippen LogP contribution in [0.4, 0.5) is 0 Å². The van der Waals surface area contributed by atoms with Crippen molar-refractivity contribution in [3.05, 3.63) is 26.5 Å². The molecule has 0 fully saturated rings. The van der Waals surface area contributed by atoms with Gasteiger partial charge in [0.05, 0.1) is 15.4 Å². The minimum Gasteiger partial charge on any atom is -0.263 e. The number of rotatable bonds is 4. The van der Waals surface area contributed by atoms with E-state index in [1.807, 2.05) is 0 Å². The summed E-state index contributed by atoms with van der Waals surface area (Å²) in [5, 5.41) is 6.96. The lowest BCUT2D eigenvalue weighted by atomic mass is 10.6. The van der Waals surface area contributed by atoms with E-state index >= 15 is 0 Å². The van der Waals surface area contributed by atoms with Crippen LogP contribution in [-0.2, 0) is 16.6 Å². The Bertz CT molecular complexity index is 677. The minimum absolute atomic E-state index is 0.0970. The molecule has 0 bridgehead atoms. The maximum absolute atomic E-state index is 12.3. The highest BCUT2D eigenvalue weighted by atomic mass is 79.9. The van der Waals surface area contributed by atoms with E-state index in [-0.39, 0.29) is 10.8 Å². The number of halogens is 2. The van der Waals surface area contributed by atoms with Gasteiger partial charge in [-0.05, 0) is 28.9 Å². The van der Waals surface area contributed by atoms with Crippen LogP contribution in [0.2, 0.25) is 5.02 Å². The second-order valence-corrected chi connectivity index (χ2v) is 8.83. The summed E-state index contributed by atoms with van der Waals surface area (Å²) in [5.41, 5.74) is 0. The third-order valence-corrected chi connectivity index (χ3v) is 7.02. The fourth-order valence-electron chi connectivity index (χ4n) is 1.35. The maximum atomic E-state index is 12.3. The van der Waals surface area contributed by atoms with Gasteiger partial charge in [0, 0.05) is 7.05 Å². The smallest absolute Gasteiger partial charge is 0.252 e. The zero-order valence-electron chi connectivity index (χ0n) is 10.0. The third kappa shape index (κ3) is 3.16. The molecule has 0 saturated heterocycles. The quantitative estimate of drug-likeness (QED) is 0.876. The van der Waals surface area contributed by atoms with E-state index in [1.54, 1.807) is 6.92 Å². The highest BCUT2D eigenvalue weighted by molar-refractivity contribution is 9.11. The van der Waals surface area contributed by atoms with E-state index in [4.69, 9.17) is 11.6 Å². The minimum atomic E-state index is -3.59. The summed E-state index contributed by atoms with van der Waals surface area (Å²) in [4.78, 5) is 4.08. The molecule has 0 saturated carbocycles. The second kappa shape index (κ2) is 5.49. The van der Waals surface area contributed by atoms with Crippen LogP contribution >= 0.6 is 38.9 Å². The SMILES string of the molecule is Cc1nc(CN(C)S(=O)(=O)c2cc(Cl)c(Br)s2)n[nH]1. The molecular formula is C9H10BrClN4O2S2. The predicted molar refractivity (Wildman–Crippen MR) is 76.8 cm³/mol. The van der Waals surface area contributed by atoms with E-state index in [0.717, 1.165) is 11.3 Å². The fraction of sp³-hybridized carbons (Fsp3) is 0.333. The van der Waals surface area contributed by atoms with Gasteiger partial charge in [-0.25, -0.2) is 13.4 Å². The van der Waals surface area contributed by atoms with E-state index in [0.29, 0.717) is 20.5 Å². The molecule has 1 N–H and O–H groups in total. The Hall–Kier alpha value is -0.480. The van der Waals surface area contributed by atoms with Crippen LogP contribution in [-0.4, -0.2) is 35.0 Å². The van der Waals surface area contributed by atoms with Gasteiger partial charge in [-0.15, -0.1) is 11.3 Å². The topological polar surface area (TPSA) is 79.0 Å². The molecule has 2 aromatic rings. The monoisotopic (exact) mass is 384 g/mol. The molecule has 0 unspecified atom stereocenters. The molecular weight excluding hydrogens is 376 g/mol. The molecule has 10 heteroatoms. The van der Waals surface area contributed by atoms with Gasteiger partial charge in [0.15, 0.2) is 5.82 Å². The second-order valence-electron chi connectivity index (χ2n) is 3.79. The number of nitrogens with one attached hydrogen (secondary N) is 1. The Morgan fingerprint density at radius 1 is 1.58 bits per heavy atom. The van der Waals surface area contributed by atoms with Crippen molar-refractivity contribution in [1.29, 1.82) is 0 Å². The fourth-order valence-corrected chi connectivity index (χ4v) is 5.09. The normalized spacial score (nSPS) is 12.3. The van der Waals surface area contributed by atoms with Crippen molar-refractivity contribution in [3.63, 3.8) is 0 Å². The van der Waals surface area contributed by atoms with Crippen LogP contribution in [0.1, 0.15) is 11.6 Å². The molecule has 0 aliphatic heterocycles. The van der Waals surface area contributed by atoms with E-state index in [1.165, 1.54) is 17.4 Å². The number of hydrogen-bond donors (Lipinski definition) is 1. The summed E-state index contributed by atoms with van der Waals surface area (Å²) >= 11 is 10.1. The summed E-state index contributed by atoms with van der Waals surface area (Å²) in [6.45, 7) is 1.85. The first-order chi connectivity index (χ1) is 8.80. The van der Waals surface area contributed by atoms with Crippen LogP contribution in [0.3, 0.4) is 0 Å². The molecule has 104 valence electrons. The number of thiophene rings is 1. The standard InChI is InChI=1S/C9H10BrClN4O2S2/c1-5-12-7(14-13-5)4-15(2)19(16,17)8-3-6(11)9(10)18-8/h3H,4H2,1-2H3,(H,12,13,14). The number of sulfonamides is 1. The molecule has 2 rings (SSSR count). The van der Waals surface area contributed by atoms with Gasteiger partial charge >= 0.3 is 0 Å². The van der Waals surface area contributed by atoms with Crippen molar-refractivity contribution in [1.82, 2.24) is 19.5 Å². The molecule has 0 aliphatic rings. The van der Waals surface area contributed by atoms with Gasteiger partial charge in [0.25, 0.3) is 10.0 Å². The van der Waals surface area contributed by atoms with Crippen molar-refractivity contribution in [2.45, 2.75) is 17.7 Å². The largest absolute Gasteiger partial charge is 0.263 e. The van der Waals surface area contributed by atoms with Gasteiger partial charge in [-0.2, -0.15) is 9.40 Å². The first kappa shape index (κ1) is 14.9. The first-order valence-corrected chi connectivity index (χ1v) is 8.52. The van der Waals surface area contributed by atoms with Crippen LogP contribution < -0.4 is 0 Å². The third-order valence-electron chi connectivity index (χ3n) is 2.29. The molecule has 6 nitrogen and oxygen atoms in total. The summed E-state index contributed by atoms with van der Waals surface area (Å²) < 4.78 is 26.6. The Balaban J connectivity index is 2.24. The van der Waals surface area contributed by atoms with Gasteiger partial charge in [-0.1, -0.05) is 11.6 Å². The van der Waals surface area contributed by atoms with Gasteiger partial charge < -0.3 is 0 Å². The van der Waals surface area contributed by atoms with Crippen LogP contribution in [0.5, 0.6) is 0 Å². The van der Waals surface area contributed by atoms with Gasteiger partial charge in [-0.3, -0.25) is 5.10 Å². The summed E-state index contributed by atoms with van der Waals surface area (Å²) in [7, 11) is -2.11. The Labute approximate surface area is 128 Å². The van der Waals surface area contributed by atoms with E-state index in [2.05, 4.69) is 31.1 Å². The van der Waals surface area contributed by atoms with Crippen molar-refractivity contribution in [2.75, 3.05) is 7.05 Å². The number of aryl methyl sites for hydroxylation is 1. The average Bonchev–Trinajstić information content (AvgIpc) is 2.87. The Kier molecular flexibility index (Phi) is 4.31. The van der Waals surface area contributed by atoms with Crippen LogP contribution in [0, 0.1) is 6.92 Å². The van der Waals surface area contributed by atoms with Crippen LogP contribution in [0.25, 0.3) is 0 Å². The summed E-state index contributed by atoms with van der Waals surface area (Å²) in [5.74, 6) is 1.06. The average molecular weight is 386 g/mol. The highest BCUT2D eigenvalue weighted by Crippen LogP contribution is 2.35. The maximum Gasteiger partial charge on any atom is 0.252 e. The first-order valence-electron chi connectivity index (χ1n) is 5.10. The molecule has 0 amide bonds. The number of nitrogens with zero attached hydrogens (tertiary/aromatic N) is 3. The highest BCUT2D eigenvalue weighted by Gasteiger charge is 2.25. The van der Waals surface area contributed by atoms with E-state index in [9.17, 15) is 8.42 Å². The zero-order valence-corrected chi connectivity index (χ0v) is 14.0. The molecule has 0 aromatic carbocycles. The van der Waals surface area contributed by atoms with E-state index < -0.39 is 10.0 Å². The molecule has 0 atom stereocenters. The molecule has 0 aliphatic carbocycles. The van der Waals surface area contributed by atoms with Crippen LogP contribution in [0.15, 0.2) is 14.1 Å². The van der Waals surface area contributed by atoms with Crippen molar-refractivity contribution in [3.8, 4) is 0 Å². The number of hydrogen-bond acceptors (Lipinski definition) is 5. The predicted octanol–water partition coefficient (Wildman–Crippen LogP) is 2.41. The summed E-state index contributed by atoms with van der Waals surface area (Å²) in [6.07, 6.45) is 0. The van der Waals surface area contributed by atoms with Gasteiger partial charge in [0.2, 0.25) is 0 Å². The molecule has 2 aromatic heterocycles. The molecule has 0 spiro atoms. The number of aromatic amines is 1. The van der Waals surface area contributed by atoms with Gasteiger partial charge in [0.1, 0.15) is 10.0 Å².